The van der Waals surface area contributed by atoms with Gasteiger partial charge in [0, 0.05) is 19.0 Å². The van der Waals surface area contributed by atoms with Crippen molar-refractivity contribution in [3.63, 3.8) is 0 Å². The molecule has 1 saturated heterocycles. The van der Waals surface area contributed by atoms with E-state index in [1.54, 1.807) is 0 Å². The summed E-state index contributed by atoms with van der Waals surface area (Å²) in [5, 5.41) is 3.22. The first-order chi connectivity index (χ1) is 7.22. The molecular weight excluding hydrogens is 188 g/mol. The summed E-state index contributed by atoms with van der Waals surface area (Å²) in [6.45, 7) is 8.92. The molecule has 1 heterocycles. The molecule has 0 bridgehead atoms. The molecule has 15 heavy (non-hydrogen) atoms. The number of unbranched alkanes of at least 4 members (excludes halogenated alkanes) is 1. The van der Waals surface area contributed by atoms with Crippen LogP contribution in [0, 0.1) is 0 Å². The van der Waals surface area contributed by atoms with E-state index in [1.165, 1.54) is 12.8 Å². The second-order valence-corrected chi connectivity index (χ2v) is 3.94. The normalized spacial score (nSPS) is 20.3. The zero-order valence-corrected chi connectivity index (χ0v) is 10.7. The molecule has 1 N–H and O–H groups in total. The molecule has 3 heteroatoms. The van der Waals surface area contributed by atoms with Gasteiger partial charge in [-0.15, -0.1) is 0 Å². The number of rotatable bonds is 5. The lowest BCUT2D eigenvalue weighted by molar-refractivity contribution is -0.116. The summed E-state index contributed by atoms with van der Waals surface area (Å²) in [7, 11) is 2.13. The zero-order valence-electron chi connectivity index (χ0n) is 10.7. The lowest BCUT2D eigenvalue weighted by atomic mass is 10.2. The highest BCUT2D eigenvalue weighted by Crippen LogP contribution is 2.03. The van der Waals surface area contributed by atoms with Crippen molar-refractivity contribution in [3.8, 4) is 0 Å². The predicted octanol–water partition coefficient (Wildman–Crippen LogP) is 1.68. The highest BCUT2D eigenvalue weighted by atomic mass is 16.1. The fraction of sp³-hybridized carbons (Fsp3) is 0.917. The average Bonchev–Trinajstić information content (AvgIpc) is 2.64. The van der Waals surface area contributed by atoms with Gasteiger partial charge in [0.1, 0.15) is 5.78 Å². The minimum atomic E-state index is 0.355. The number of likely N-dealkylation sites (N-methyl/N-ethyl adjacent to an activating group) is 1. The van der Waals surface area contributed by atoms with Crippen LogP contribution in [-0.2, 0) is 4.79 Å². The molecule has 1 atom stereocenters. The molecule has 0 saturated carbocycles. The Morgan fingerprint density at radius 1 is 1.47 bits per heavy atom. The van der Waals surface area contributed by atoms with E-state index in [2.05, 4.69) is 24.2 Å². The van der Waals surface area contributed by atoms with Crippen molar-refractivity contribution in [2.24, 2.45) is 0 Å². The molecule has 1 aliphatic heterocycles. The molecule has 1 rings (SSSR count). The Hall–Kier alpha value is -0.410. The largest absolute Gasteiger partial charge is 0.305 e. The lowest BCUT2D eigenvalue weighted by Crippen LogP contribution is -2.35. The molecule has 1 fully saturated rings. The first-order valence-electron chi connectivity index (χ1n) is 6.16. The van der Waals surface area contributed by atoms with E-state index in [0.29, 0.717) is 18.4 Å². The van der Waals surface area contributed by atoms with Crippen LogP contribution in [-0.4, -0.2) is 43.4 Å². The first kappa shape index (κ1) is 14.6. The van der Waals surface area contributed by atoms with E-state index >= 15 is 0 Å². The van der Waals surface area contributed by atoms with Crippen molar-refractivity contribution >= 4 is 5.78 Å². The van der Waals surface area contributed by atoms with Gasteiger partial charge in [0.25, 0.3) is 0 Å². The van der Waals surface area contributed by atoms with Gasteiger partial charge in [-0.1, -0.05) is 27.2 Å². The molecule has 0 aliphatic carbocycles. The number of ketones is 1. The van der Waals surface area contributed by atoms with Crippen LogP contribution in [0.1, 0.15) is 40.0 Å². The second kappa shape index (κ2) is 8.86. The van der Waals surface area contributed by atoms with Crippen molar-refractivity contribution in [2.75, 3.05) is 26.7 Å². The van der Waals surface area contributed by atoms with Crippen LogP contribution in [0.4, 0.5) is 0 Å². The maximum atomic E-state index is 11.0. The first-order valence-corrected chi connectivity index (χ1v) is 6.16. The minimum absolute atomic E-state index is 0.355. The lowest BCUT2D eigenvalue weighted by Gasteiger charge is -2.19. The van der Waals surface area contributed by atoms with Crippen molar-refractivity contribution in [2.45, 2.75) is 46.1 Å². The third-order valence-electron chi connectivity index (χ3n) is 2.49. The van der Waals surface area contributed by atoms with Crippen LogP contribution in [0.25, 0.3) is 0 Å². The fourth-order valence-corrected chi connectivity index (χ4v) is 1.70. The molecule has 0 amide bonds. The van der Waals surface area contributed by atoms with E-state index in [-0.39, 0.29) is 0 Å². The minimum Gasteiger partial charge on any atom is -0.305 e. The smallest absolute Gasteiger partial charge is 0.148 e. The molecule has 0 radical (unpaired) electrons. The number of hydrogen-bond acceptors (Lipinski definition) is 3. The van der Waals surface area contributed by atoms with Crippen LogP contribution in [0.3, 0.4) is 0 Å². The van der Waals surface area contributed by atoms with E-state index in [4.69, 9.17) is 0 Å². The molecular formula is C12H26N2O. The number of hydrogen-bond donors (Lipinski definition) is 1. The van der Waals surface area contributed by atoms with E-state index in [9.17, 15) is 4.79 Å². The van der Waals surface area contributed by atoms with E-state index in [1.807, 2.05) is 13.8 Å². The van der Waals surface area contributed by atoms with Gasteiger partial charge in [0.05, 0.1) is 6.54 Å². The molecule has 1 unspecified atom stereocenters. The van der Waals surface area contributed by atoms with Gasteiger partial charge in [-0.3, -0.25) is 4.79 Å². The number of Topliss-reactive ketones (excluding diaryl/α,β-unsaturated/α-hetero) is 1. The van der Waals surface area contributed by atoms with Crippen LogP contribution in [0.2, 0.25) is 0 Å². The van der Waals surface area contributed by atoms with Crippen molar-refractivity contribution < 1.29 is 4.79 Å². The number of carbonyl (C=O) groups is 1. The summed E-state index contributed by atoms with van der Waals surface area (Å²) < 4.78 is 0. The Balaban J connectivity index is 0.000000921. The summed E-state index contributed by atoms with van der Waals surface area (Å²) in [5.41, 5.74) is 0. The quantitative estimate of drug-likeness (QED) is 0.755. The monoisotopic (exact) mass is 214 g/mol. The number of carbonyl (C=O) groups excluding carboxylic acids is 1. The van der Waals surface area contributed by atoms with Gasteiger partial charge in [0.2, 0.25) is 0 Å². The SMILES string of the molecule is CC.CCCCN(C)CC1CC(=O)CN1. The van der Waals surface area contributed by atoms with Crippen molar-refractivity contribution in [1.29, 1.82) is 0 Å². The van der Waals surface area contributed by atoms with Gasteiger partial charge in [-0.2, -0.15) is 0 Å². The van der Waals surface area contributed by atoms with Crippen LogP contribution < -0.4 is 5.32 Å². The Kier molecular flexibility index (Phi) is 8.62. The summed E-state index contributed by atoms with van der Waals surface area (Å²) in [6, 6.07) is 0.398. The molecule has 0 aromatic rings. The Bertz CT molecular complexity index is 171. The summed E-state index contributed by atoms with van der Waals surface area (Å²) in [5.74, 6) is 0.355. The van der Waals surface area contributed by atoms with Crippen molar-refractivity contribution in [3.05, 3.63) is 0 Å². The molecule has 1 aliphatic rings. The Morgan fingerprint density at radius 2 is 2.13 bits per heavy atom. The molecule has 90 valence electrons. The topological polar surface area (TPSA) is 32.3 Å². The maximum Gasteiger partial charge on any atom is 0.148 e. The highest BCUT2D eigenvalue weighted by molar-refractivity contribution is 5.83. The maximum absolute atomic E-state index is 11.0. The summed E-state index contributed by atoms with van der Waals surface area (Å²) in [4.78, 5) is 13.3. The van der Waals surface area contributed by atoms with Crippen LogP contribution >= 0.6 is 0 Å². The van der Waals surface area contributed by atoms with Gasteiger partial charge in [-0.25, -0.2) is 0 Å². The van der Waals surface area contributed by atoms with Crippen LogP contribution in [0.15, 0.2) is 0 Å². The Labute approximate surface area is 94.2 Å². The van der Waals surface area contributed by atoms with E-state index in [0.717, 1.165) is 19.5 Å². The number of nitrogens with one attached hydrogen (secondary N) is 1. The third kappa shape index (κ3) is 6.63. The third-order valence-corrected chi connectivity index (χ3v) is 2.49. The second-order valence-electron chi connectivity index (χ2n) is 3.94. The van der Waals surface area contributed by atoms with Crippen molar-refractivity contribution in [1.82, 2.24) is 10.2 Å². The molecule has 0 aromatic heterocycles. The standard InChI is InChI=1S/C10H20N2O.C2H6/c1-3-4-5-12(2)8-9-6-10(13)7-11-9;1-2/h9,11H,3-8H2,1-2H3;1-2H3. The number of nitrogens with zero attached hydrogens (tertiary/aromatic N) is 1. The van der Waals surface area contributed by atoms with Gasteiger partial charge in [0.15, 0.2) is 0 Å². The fourth-order valence-electron chi connectivity index (χ4n) is 1.70. The zero-order chi connectivity index (χ0) is 11.7. The van der Waals surface area contributed by atoms with Gasteiger partial charge in [-0.05, 0) is 20.0 Å². The Morgan fingerprint density at radius 3 is 2.60 bits per heavy atom. The summed E-state index contributed by atoms with van der Waals surface area (Å²) in [6.07, 6.45) is 3.20. The highest BCUT2D eigenvalue weighted by Gasteiger charge is 2.21. The summed E-state index contributed by atoms with van der Waals surface area (Å²) >= 11 is 0. The molecule has 0 spiro atoms. The predicted molar refractivity (Wildman–Crippen MR) is 65.2 cm³/mol. The molecule has 0 aromatic carbocycles. The average molecular weight is 214 g/mol. The van der Waals surface area contributed by atoms with Gasteiger partial charge < -0.3 is 10.2 Å². The molecule has 3 nitrogen and oxygen atoms in total. The van der Waals surface area contributed by atoms with Crippen LogP contribution in [0.5, 0.6) is 0 Å². The van der Waals surface area contributed by atoms with Gasteiger partial charge >= 0.3 is 0 Å². The van der Waals surface area contributed by atoms with E-state index < -0.39 is 0 Å².